The minimum absolute atomic E-state index is 0.00833. The third-order valence-electron chi connectivity index (χ3n) is 13.5. The number of ether oxygens (including phenoxy) is 4. The van der Waals surface area contributed by atoms with Gasteiger partial charge in [0.05, 0.1) is 30.3 Å². The highest BCUT2D eigenvalue weighted by molar-refractivity contribution is 5.97. The Hall–Kier alpha value is -3.18. The molecule has 56 heavy (non-hydrogen) atoms. The van der Waals surface area contributed by atoms with Crippen molar-refractivity contribution in [2.45, 2.75) is 176 Å². The zero-order valence-corrected chi connectivity index (χ0v) is 35.8. The molecule has 2 bridgehead atoms. The summed E-state index contributed by atoms with van der Waals surface area (Å²) in [4.78, 5) is 83.5. The quantitative estimate of drug-likeness (QED) is 0.172. The molecule has 2 aliphatic heterocycles. The van der Waals surface area contributed by atoms with Gasteiger partial charge in [-0.3, -0.25) is 28.8 Å². The summed E-state index contributed by atoms with van der Waals surface area (Å²) in [5.74, 6) is -5.28. The Labute approximate surface area is 334 Å². The second kappa shape index (κ2) is 18.2. The summed E-state index contributed by atoms with van der Waals surface area (Å²) in [6.07, 6.45) is 3.24. The lowest BCUT2D eigenvalue weighted by molar-refractivity contribution is -0.231. The van der Waals surface area contributed by atoms with Gasteiger partial charge in [0.2, 0.25) is 0 Å². The number of aliphatic hydroxyl groups is 1. The molecule has 0 amide bonds. The fourth-order valence-electron chi connectivity index (χ4n) is 10.2. The lowest BCUT2D eigenvalue weighted by Crippen LogP contribution is -2.58. The van der Waals surface area contributed by atoms with Gasteiger partial charge in [-0.25, -0.2) is 0 Å². The fourth-order valence-corrected chi connectivity index (χ4v) is 10.2. The van der Waals surface area contributed by atoms with Crippen molar-refractivity contribution in [1.29, 1.82) is 0 Å². The summed E-state index contributed by atoms with van der Waals surface area (Å²) < 4.78 is 24.2. The lowest BCUT2D eigenvalue weighted by Gasteiger charge is -2.51. The van der Waals surface area contributed by atoms with Crippen LogP contribution in [0.15, 0.2) is 22.8 Å². The number of methoxy groups -OCH3 is 1. The van der Waals surface area contributed by atoms with E-state index in [-0.39, 0.29) is 67.2 Å². The van der Waals surface area contributed by atoms with E-state index in [2.05, 4.69) is 0 Å². The zero-order valence-electron chi connectivity index (χ0n) is 35.8. The van der Waals surface area contributed by atoms with Gasteiger partial charge >= 0.3 is 17.9 Å². The summed E-state index contributed by atoms with van der Waals surface area (Å²) in [6.45, 7) is 17.6. The minimum atomic E-state index is -1.75. The normalized spacial score (nSPS) is 39.1. The number of carbonyl (C=O) groups is 6. The maximum absolute atomic E-state index is 14.9. The van der Waals surface area contributed by atoms with Crippen LogP contribution in [0, 0.1) is 40.9 Å². The van der Waals surface area contributed by atoms with Gasteiger partial charge in [-0.05, 0) is 83.6 Å². The first-order valence-corrected chi connectivity index (χ1v) is 20.8. The highest BCUT2D eigenvalue weighted by Crippen LogP contribution is 2.56. The Balaban J connectivity index is 2.04. The second-order valence-electron chi connectivity index (χ2n) is 18.5. The molecule has 0 aromatic heterocycles. The summed E-state index contributed by atoms with van der Waals surface area (Å²) in [5.41, 5.74) is -2.16. The summed E-state index contributed by atoms with van der Waals surface area (Å²) in [7, 11) is 1.27. The standard InChI is InChI=1S/C45H68O11/c1-25(2)32-22-35(48)28(5)14-12-13-26(3)20-36(49)33-21-29(6)41-34(45(33,23-37(32)50)42(51)53-11)19-27(4)15-16-40-44(10,56-31(8)47)18-17-39(55-40)43(9,52)24-38(41)54-30(7)46/h19,25-26,28,32-34,38-40,52H,12-18,20-24H2,1-11H3/b27-19+/t26-,28+,32-,33+,34-,38-,39+,40-,43-,44+,45+/m1/s1. The highest BCUT2D eigenvalue weighted by Gasteiger charge is 2.61. The summed E-state index contributed by atoms with van der Waals surface area (Å²) in [6, 6.07) is 0. The van der Waals surface area contributed by atoms with Crippen LogP contribution >= 0.6 is 0 Å². The molecule has 4 aliphatic rings. The Morgan fingerprint density at radius 1 is 0.893 bits per heavy atom. The molecule has 314 valence electrons. The second-order valence-corrected chi connectivity index (χ2v) is 18.5. The molecule has 0 aromatic carbocycles. The number of hydrogen-bond donors (Lipinski definition) is 1. The molecule has 11 heteroatoms. The average molecular weight is 785 g/mol. The van der Waals surface area contributed by atoms with Gasteiger partial charge in [-0.1, -0.05) is 57.8 Å². The molecule has 0 spiro atoms. The Morgan fingerprint density at radius 2 is 1.57 bits per heavy atom. The van der Waals surface area contributed by atoms with E-state index in [9.17, 15) is 33.9 Å². The van der Waals surface area contributed by atoms with E-state index < -0.39 is 70.6 Å². The van der Waals surface area contributed by atoms with E-state index in [0.717, 1.165) is 24.0 Å². The van der Waals surface area contributed by atoms with E-state index in [4.69, 9.17) is 18.9 Å². The Bertz CT molecular complexity index is 1590. The van der Waals surface area contributed by atoms with Crippen LogP contribution < -0.4 is 0 Å². The van der Waals surface area contributed by atoms with Crippen LogP contribution in [0.3, 0.4) is 0 Å². The van der Waals surface area contributed by atoms with Crippen LogP contribution in [0.2, 0.25) is 0 Å². The molecule has 0 unspecified atom stereocenters. The third kappa shape index (κ3) is 9.91. The van der Waals surface area contributed by atoms with Crippen molar-refractivity contribution in [3.05, 3.63) is 22.8 Å². The van der Waals surface area contributed by atoms with Crippen molar-refractivity contribution in [3.8, 4) is 0 Å². The molecule has 2 aliphatic carbocycles. The maximum atomic E-state index is 14.9. The maximum Gasteiger partial charge on any atom is 0.313 e. The Kier molecular flexibility index (Phi) is 14.8. The van der Waals surface area contributed by atoms with Crippen molar-refractivity contribution in [2.24, 2.45) is 40.9 Å². The van der Waals surface area contributed by atoms with Gasteiger partial charge in [0.25, 0.3) is 0 Å². The van der Waals surface area contributed by atoms with Crippen LogP contribution in [0.4, 0.5) is 0 Å². The van der Waals surface area contributed by atoms with E-state index in [1.165, 1.54) is 21.0 Å². The van der Waals surface area contributed by atoms with Crippen molar-refractivity contribution < 1.29 is 52.8 Å². The number of hydrogen-bond acceptors (Lipinski definition) is 11. The Morgan fingerprint density at radius 3 is 2.18 bits per heavy atom. The van der Waals surface area contributed by atoms with Crippen molar-refractivity contribution in [3.63, 3.8) is 0 Å². The van der Waals surface area contributed by atoms with Gasteiger partial charge in [0, 0.05) is 63.2 Å². The molecule has 1 saturated carbocycles. The van der Waals surface area contributed by atoms with Gasteiger partial charge < -0.3 is 24.1 Å². The predicted octanol–water partition coefficient (Wildman–Crippen LogP) is 7.39. The van der Waals surface area contributed by atoms with Gasteiger partial charge in [-0.2, -0.15) is 0 Å². The first-order chi connectivity index (χ1) is 26.1. The number of ketones is 3. The number of rotatable bonds is 4. The molecule has 1 saturated heterocycles. The van der Waals surface area contributed by atoms with Gasteiger partial charge in [0.1, 0.15) is 29.1 Å². The van der Waals surface area contributed by atoms with Crippen molar-refractivity contribution in [1.82, 2.24) is 0 Å². The molecule has 1 N–H and O–H groups in total. The average Bonchev–Trinajstić information content (AvgIpc) is 3.08. The summed E-state index contributed by atoms with van der Waals surface area (Å²) >= 11 is 0. The molecular formula is C45H68O11. The number of Topliss-reactive ketones (excluding diaryl/α,β-unsaturated/α-hetero) is 3. The molecule has 2 fully saturated rings. The van der Waals surface area contributed by atoms with Gasteiger partial charge in [0.15, 0.2) is 0 Å². The van der Waals surface area contributed by atoms with Gasteiger partial charge in [-0.15, -0.1) is 0 Å². The number of fused-ring (bicyclic) bond motifs is 5. The van der Waals surface area contributed by atoms with E-state index in [1.54, 1.807) is 6.92 Å². The molecule has 2 heterocycles. The molecular weight excluding hydrogens is 716 g/mol. The highest BCUT2D eigenvalue weighted by atomic mass is 16.6. The largest absolute Gasteiger partial charge is 0.469 e. The molecule has 11 atom stereocenters. The monoisotopic (exact) mass is 784 g/mol. The summed E-state index contributed by atoms with van der Waals surface area (Å²) in [5, 5.41) is 12.3. The lowest BCUT2D eigenvalue weighted by atomic mass is 9.52. The first-order valence-electron chi connectivity index (χ1n) is 20.8. The number of allylic oxidation sites excluding steroid dienone is 3. The minimum Gasteiger partial charge on any atom is -0.469 e. The zero-order chi connectivity index (χ0) is 41.9. The molecule has 0 radical (unpaired) electrons. The smallest absolute Gasteiger partial charge is 0.313 e. The van der Waals surface area contributed by atoms with Crippen LogP contribution in [0.25, 0.3) is 0 Å². The van der Waals surface area contributed by atoms with Crippen LogP contribution in [-0.4, -0.2) is 77.0 Å². The van der Waals surface area contributed by atoms with Crippen molar-refractivity contribution in [2.75, 3.05) is 7.11 Å². The SMILES string of the molecule is COC(=O)[C@@]12CC(=O)[C@@H](C(C)C)CC(=O)[C@@H](C)CCC[C@@H](C)CC(=O)[C@@H]1CC(C)=C1[C@H]2/C=C(\C)CC[C@H]2O[C@@H](CC[C@]2(C)OC(C)=O)[C@](C)(O)C[C@H]1OC(C)=O. The number of carbonyl (C=O) groups excluding carboxylic acids is 6. The predicted molar refractivity (Wildman–Crippen MR) is 210 cm³/mol. The topological polar surface area (TPSA) is 160 Å². The third-order valence-corrected chi connectivity index (χ3v) is 13.5. The molecule has 0 aromatic rings. The van der Waals surface area contributed by atoms with E-state index >= 15 is 0 Å². The van der Waals surface area contributed by atoms with Crippen LogP contribution in [0.5, 0.6) is 0 Å². The molecule has 11 nitrogen and oxygen atoms in total. The van der Waals surface area contributed by atoms with E-state index in [0.29, 0.717) is 37.7 Å². The fraction of sp³-hybridized carbons (Fsp3) is 0.778. The number of esters is 3. The van der Waals surface area contributed by atoms with E-state index in [1.807, 2.05) is 54.5 Å². The van der Waals surface area contributed by atoms with Crippen molar-refractivity contribution >= 4 is 35.3 Å². The van der Waals surface area contributed by atoms with Crippen LogP contribution in [0.1, 0.15) is 146 Å². The van der Waals surface area contributed by atoms with Crippen LogP contribution in [-0.2, 0) is 47.7 Å². The molecule has 4 rings (SSSR count). The first kappa shape index (κ1) is 45.5.